The number of ether oxygens (including phenoxy) is 1. The standard InChI is InChI=1S/C31H36F2N6O2/c1-3-28(40)39-13-12-38(18-23(39)8-11-34)29-25-7-10-31(9-6-20-4-5-21(32)15-26(20)31)16-27(25)35-30(36-29)41-19-24-14-22(33)17-37(24)2/h3-5,15,22-24H,1,6-10,12-14,16-19H2,2H3/t22-,23+,24+,31?/m1/s1. The third-order valence-corrected chi connectivity index (χ3v) is 9.53. The molecule has 1 unspecified atom stereocenters. The molecule has 10 heteroatoms. The Labute approximate surface area is 239 Å². The molecule has 2 saturated heterocycles. The number of benzene rings is 1. The number of halogens is 2. The van der Waals surface area contributed by atoms with Gasteiger partial charge < -0.3 is 14.5 Å². The van der Waals surface area contributed by atoms with Crippen molar-refractivity contribution in [3.8, 4) is 12.1 Å². The smallest absolute Gasteiger partial charge is 0.318 e. The van der Waals surface area contributed by atoms with E-state index >= 15 is 0 Å². The van der Waals surface area contributed by atoms with Crippen LogP contribution in [0.25, 0.3) is 0 Å². The van der Waals surface area contributed by atoms with Crippen molar-refractivity contribution in [2.24, 2.45) is 0 Å². The van der Waals surface area contributed by atoms with Crippen molar-refractivity contribution in [3.63, 3.8) is 0 Å². The van der Waals surface area contributed by atoms with Crippen LogP contribution < -0.4 is 9.64 Å². The molecule has 41 heavy (non-hydrogen) atoms. The molecular weight excluding hydrogens is 526 g/mol. The molecule has 3 heterocycles. The van der Waals surface area contributed by atoms with Gasteiger partial charge in [0.2, 0.25) is 5.91 Å². The van der Waals surface area contributed by atoms with Crippen molar-refractivity contribution in [2.75, 3.05) is 44.7 Å². The second-order valence-corrected chi connectivity index (χ2v) is 11.9. The van der Waals surface area contributed by atoms with Gasteiger partial charge in [0.05, 0.1) is 24.2 Å². The van der Waals surface area contributed by atoms with E-state index < -0.39 is 6.17 Å². The summed E-state index contributed by atoms with van der Waals surface area (Å²) in [5, 5.41) is 9.48. The minimum absolute atomic E-state index is 0.0578. The number of piperazine rings is 1. The molecule has 6 rings (SSSR count). The molecule has 1 aromatic heterocycles. The van der Waals surface area contributed by atoms with Crippen LogP contribution in [0.3, 0.4) is 0 Å². The summed E-state index contributed by atoms with van der Waals surface area (Å²) in [5.41, 5.74) is 4.05. The number of nitriles is 1. The lowest BCUT2D eigenvalue weighted by molar-refractivity contribution is -0.128. The Hall–Kier alpha value is -3.58. The molecule has 216 valence electrons. The van der Waals surface area contributed by atoms with Crippen molar-refractivity contribution in [1.29, 1.82) is 5.26 Å². The first-order valence-corrected chi connectivity index (χ1v) is 14.5. The number of hydrogen-bond donors (Lipinski definition) is 0. The number of hydrogen-bond acceptors (Lipinski definition) is 7. The van der Waals surface area contributed by atoms with Crippen molar-refractivity contribution in [3.05, 3.63) is 59.1 Å². The van der Waals surface area contributed by atoms with Crippen LogP contribution in [0.1, 0.15) is 48.1 Å². The molecule has 8 nitrogen and oxygen atoms in total. The van der Waals surface area contributed by atoms with Crippen molar-refractivity contribution < 1.29 is 18.3 Å². The van der Waals surface area contributed by atoms with E-state index in [-0.39, 0.29) is 48.3 Å². The van der Waals surface area contributed by atoms with E-state index in [1.165, 1.54) is 17.7 Å². The highest BCUT2D eigenvalue weighted by molar-refractivity contribution is 5.87. The molecule has 4 aliphatic rings. The highest BCUT2D eigenvalue weighted by atomic mass is 19.1. The topological polar surface area (TPSA) is 85.6 Å². The first-order valence-electron chi connectivity index (χ1n) is 14.5. The molecule has 0 saturated carbocycles. The Kier molecular flexibility index (Phi) is 7.41. The number of nitrogens with zero attached hydrogens (tertiary/aromatic N) is 6. The lowest BCUT2D eigenvalue weighted by atomic mass is 9.69. The first kappa shape index (κ1) is 27.6. The van der Waals surface area contributed by atoms with Crippen LogP contribution in [0.15, 0.2) is 30.9 Å². The number of aryl methyl sites for hydroxylation is 1. The fourth-order valence-corrected chi connectivity index (χ4v) is 7.32. The Bertz CT molecular complexity index is 1400. The quantitative estimate of drug-likeness (QED) is 0.498. The van der Waals surface area contributed by atoms with Gasteiger partial charge in [-0.3, -0.25) is 9.69 Å². The van der Waals surface area contributed by atoms with E-state index in [9.17, 15) is 18.8 Å². The Morgan fingerprint density at radius 2 is 2.07 bits per heavy atom. The Morgan fingerprint density at radius 3 is 2.83 bits per heavy atom. The number of carbonyl (C=O) groups is 1. The van der Waals surface area contributed by atoms with Crippen LogP contribution in [0.4, 0.5) is 14.6 Å². The molecule has 2 aliphatic carbocycles. The number of alkyl halides is 1. The highest BCUT2D eigenvalue weighted by Crippen LogP contribution is 2.49. The number of carbonyl (C=O) groups excluding carboxylic acids is 1. The van der Waals surface area contributed by atoms with Crippen LogP contribution >= 0.6 is 0 Å². The molecule has 2 aliphatic heterocycles. The van der Waals surface area contributed by atoms with Gasteiger partial charge in [-0.1, -0.05) is 12.6 Å². The third-order valence-electron chi connectivity index (χ3n) is 9.53. The summed E-state index contributed by atoms with van der Waals surface area (Å²) in [6.45, 7) is 5.76. The van der Waals surface area contributed by atoms with E-state index in [0.717, 1.165) is 48.3 Å². The molecule has 4 atom stereocenters. The van der Waals surface area contributed by atoms with Gasteiger partial charge in [-0.15, -0.1) is 0 Å². The fraction of sp³-hybridized carbons (Fsp3) is 0.548. The van der Waals surface area contributed by atoms with Gasteiger partial charge in [-0.2, -0.15) is 15.2 Å². The summed E-state index contributed by atoms with van der Waals surface area (Å²) >= 11 is 0. The van der Waals surface area contributed by atoms with Crippen molar-refractivity contribution >= 4 is 11.7 Å². The van der Waals surface area contributed by atoms with Gasteiger partial charge in [0.1, 0.15) is 24.4 Å². The number of likely N-dealkylation sites (N-methyl/N-ethyl adjacent to an activating group) is 1. The minimum Gasteiger partial charge on any atom is -0.462 e. The van der Waals surface area contributed by atoms with Crippen LogP contribution in [-0.2, 0) is 29.5 Å². The zero-order valence-electron chi connectivity index (χ0n) is 23.5. The van der Waals surface area contributed by atoms with E-state index in [4.69, 9.17) is 14.7 Å². The number of likely N-dealkylation sites (tertiary alicyclic amines) is 1. The maximum Gasteiger partial charge on any atom is 0.318 e. The average Bonchev–Trinajstić information content (AvgIpc) is 3.48. The van der Waals surface area contributed by atoms with Gasteiger partial charge in [0.15, 0.2) is 0 Å². The zero-order chi connectivity index (χ0) is 28.7. The number of rotatable bonds is 6. The van der Waals surface area contributed by atoms with Gasteiger partial charge in [-0.25, -0.2) is 8.78 Å². The van der Waals surface area contributed by atoms with Crippen LogP contribution in [0, 0.1) is 17.1 Å². The number of fused-ring (bicyclic) bond motifs is 3. The summed E-state index contributed by atoms with van der Waals surface area (Å²) in [6, 6.07) is 7.27. The summed E-state index contributed by atoms with van der Waals surface area (Å²) in [5.74, 6) is 0.374. The van der Waals surface area contributed by atoms with Crippen LogP contribution in [0.5, 0.6) is 6.01 Å². The summed E-state index contributed by atoms with van der Waals surface area (Å²) < 4.78 is 34.5. The number of anilines is 1. The molecule has 2 aromatic rings. The number of aromatic nitrogens is 2. The largest absolute Gasteiger partial charge is 0.462 e. The van der Waals surface area contributed by atoms with E-state index in [2.05, 4.69) is 17.5 Å². The zero-order valence-corrected chi connectivity index (χ0v) is 23.5. The molecule has 1 spiro atoms. The maximum absolute atomic E-state index is 14.3. The highest BCUT2D eigenvalue weighted by Gasteiger charge is 2.44. The molecule has 1 aromatic carbocycles. The fourth-order valence-electron chi connectivity index (χ4n) is 7.32. The van der Waals surface area contributed by atoms with Crippen molar-refractivity contribution in [2.45, 2.75) is 68.6 Å². The summed E-state index contributed by atoms with van der Waals surface area (Å²) in [6.07, 6.45) is 5.17. The maximum atomic E-state index is 14.3. The average molecular weight is 563 g/mol. The van der Waals surface area contributed by atoms with Gasteiger partial charge >= 0.3 is 6.01 Å². The third kappa shape index (κ3) is 5.16. The number of amides is 1. The minimum atomic E-state index is -0.872. The Balaban J connectivity index is 1.33. The molecule has 0 bridgehead atoms. The molecule has 2 fully saturated rings. The second kappa shape index (κ2) is 11.0. The lowest BCUT2D eigenvalue weighted by Gasteiger charge is -2.42. The predicted molar refractivity (Wildman–Crippen MR) is 150 cm³/mol. The van der Waals surface area contributed by atoms with Gasteiger partial charge in [-0.05, 0) is 74.9 Å². The van der Waals surface area contributed by atoms with E-state index in [1.807, 2.05) is 18.0 Å². The Morgan fingerprint density at radius 1 is 1.24 bits per heavy atom. The second-order valence-electron chi connectivity index (χ2n) is 11.9. The molecule has 0 radical (unpaired) electrons. The predicted octanol–water partition coefficient (Wildman–Crippen LogP) is 3.53. The molecule has 1 amide bonds. The molecule has 0 N–H and O–H groups in total. The first-order chi connectivity index (χ1) is 19.8. The monoisotopic (exact) mass is 562 g/mol. The van der Waals surface area contributed by atoms with E-state index in [0.29, 0.717) is 39.0 Å². The normalized spacial score (nSPS) is 27.4. The summed E-state index contributed by atoms with van der Waals surface area (Å²) in [7, 11) is 1.90. The van der Waals surface area contributed by atoms with Gasteiger partial charge in [0, 0.05) is 43.2 Å². The van der Waals surface area contributed by atoms with E-state index in [1.54, 1.807) is 11.0 Å². The lowest BCUT2D eigenvalue weighted by Crippen LogP contribution is -2.55. The van der Waals surface area contributed by atoms with Gasteiger partial charge in [0.25, 0.3) is 0 Å². The summed E-state index contributed by atoms with van der Waals surface area (Å²) in [4.78, 5) is 28.1. The SMILES string of the molecule is C=CC(=O)N1CCN(c2nc(OC[C@@H]3C[C@@H](F)CN3C)nc3c2CCC2(CCc4ccc(F)cc42)C3)C[C@@H]1CC#N. The van der Waals surface area contributed by atoms with Crippen molar-refractivity contribution in [1.82, 2.24) is 19.8 Å². The van der Waals surface area contributed by atoms with Crippen LogP contribution in [0.2, 0.25) is 0 Å². The molecular formula is C31H36F2N6O2. The van der Waals surface area contributed by atoms with Crippen LogP contribution in [-0.4, -0.2) is 83.8 Å².